The van der Waals surface area contributed by atoms with Crippen molar-refractivity contribution in [3.63, 3.8) is 0 Å². The van der Waals surface area contributed by atoms with Crippen molar-refractivity contribution >= 4 is 6.03 Å². The Hall–Kier alpha value is -3.15. The van der Waals surface area contributed by atoms with Gasteiger partial charge < -0.3 is 10.6 Å². The van der Waals surface area contributed by atoms with Crippen molar-refractivity contribution in [1.29, 1.82) is 0 Å². The molecule has 1 aliphatic carbocycles. The van der Waals surface area contributed by atoms with Gasteiger partial charge in [-0.3, -0.25) is 0 Å². The van der Waals surface area contributed by atoms with E-state index in [0.717, 1.165) is 24.0 Å². The van der Waals surface area contributed by atoms with Gasteiger partial charge in [0, 0.05) is 18.5 Å². The fourth-order valence-corrected chi connectivity index (χ4v) is 3.72. The summed E-state index contributed by atoms with van der Waals surface area (Å²) in [6.45, 7) is 1.88. The number of amides is 2. The minimum atomic E-state index is -0.117. The van der Waals surface area contributed by atoms with E-state index in [9.17, 15) is 4.79 Å². The van der Waals surface area contributed by atoms with E-state index in [1.54, 1.807) is 11.0 Å². The summed E-state index contributed by atoms with van der Waals surface area (Å²) in [4.78, 5) is 16.2. The molecule has 1 aromatic heterocycles. The van der Waals surface area contributed by atoms with Gasteiger partial charge in [-0.15, -0.1) is 0 Å². The number of nitrogens with one attached hydrogen (secondary N) is 2. The first-order valence-corrected chi connectivity index (χ1v) is 9.71. The van der Waals surface area contributed by atoms with Crippen molar-refractivity contribution in [2.75, 3.05) is 6.54 Å². The fraction of sp³-hybridized carbons (Fsp3) is 0.318. The maximum atomic E-state index is 12.3. The standard InChI is InChI=1S/C22H25N5O/c28-21(25-15-22(11-4-12-22)20-5-2-1-3-6-20)24-13-18-7-9-19(10-8-18)14-27-17-23-16-26-27/h1-3,5-10,16-17H,4,11-15H2,(H2,24,25,28). The van der Waals surface area contributed by atoms with Crippen LogP contribution < -0.4 is 10.6 Å². The number of nitrogens with zero attached hydrogens (tertiary/aromatic N) is 3. The first kappa shape index (κ1) is 18.2. The van der Waals surface area contributed by atoms with Gasteiger partial charge in [-0.25, -0.2) is 14.5 Å². The molecule has 28 heavy (non-hydrogen) atoms. The van der Waals surface area contributed by atoms with Gasteiger partial charge in [0.25, 0.3) is 0 Å². The number of carbonyl (C=O) groups excluding carboxylic acids is 1. The van der Waals surface area contributed by atoms with E-state index in [1.807, 2.05) is 18.2 Å². The van der Waals surface area contributed by atoms with Crippen LogP contribution in [0.2, 0.25) is 0 Å². The first-order chi connectivity index (χ1) is 13.7. The molecule has 1 fully saturated rings. The van der Waals surface area contributed by atoms with Crippen molar-refractivity contribution in [3.8, 4) is 0 Å². The molecular formula is C22H25N5O. The maximum absolute atomic E-state index is 12.3. The average molecular weight is 375 g/mol. The summed E-state index contributed by atoms with van der Waals surface area (Å²) in [5.74, 6) is 0. The summed E-state index contributed by atoms with van der Waals surface area (Å²) in [5.41, 5.74) is 3.64. The molecule has 0 unspecified atom stereocenters. The number of benzene rings is 2. The minimum Gasteiger partial charge on any atom is -0.337 e. The van der Waals surface area contributed by atoms with Crippen LogP contribution in [0.5, 0.6) is 0 Å². The van der Waals surface area contributed by atoms with Gasteiger partial charge in [0.1, 0.15) is 12.7 Å². The number of aromatic nitrogens is 3. The minimum absolute atomic E-state index is 0.0988. The molecule has 0 spiro atoms. The summed E-state index contributed by atoms with van der Waals surface area (Å²) in [6.07, 6.45) is 6.71. The highest BCUT2D eigenvalue weighted by molar-refractivity contribution is 5.74. The quantitative estimate of drug-likeness (QED) is 0.666. The van der Waals surface area contributed by atoms with E-state index < -0.39 is 0 Å². The molecule has 0 atom stereocenters. The van der Waals surface area contributed by atoms with Gasteiger partial charge in [-0.2, -0.15) is 5.10 Å². The van der Waals surface area contributed by atoms with Gasteiger partial charge >= 0.3 is 6.03 Å². The van der Waals surface area contributed by atoms with Crippen LogP contribution in [0.3, 0.4) is 0 Å². The summed E-state index contributed by atoms with van der Waals surface area (Å²) in [5, 5.41) is 10.1. The van der Waals surface area contributed by atoms with E-state index in [1.165, 1.54) is 18.3 Å². The van der Waals surface area contributed by atoms with Crippen LogP contribution in [-0.2, 0) is 18.5 Å². The number of carbonyl (C=O) groups is 1. The lowest BCUT2D eigenvalue weighted by molar-refractivity contribution is 0.214. The number of hydrogen-bond acceptors (Lipinski definition) is 3. The molecule has 2 aromatic carbocycles. The van der Waals surface area contributed by atoms with Crippen LogP contribution in [0.1, 0.15) is 36.0 Å². The van der Waals surface area contributed by atoms with Crippen LogP contribution in [0.15, 0.2) is 67.3 Å². The lowest BCUT2D eigenvalue weighted by Crippen LogP contribution is -2.48. The van der Waals surface area contributed by atoms with Crippen molar-refractivity contribution in [2.24, 2.45) is 0 Å². The van der Waals surface area contributed by atoms with E-state index in [4.69, 9.17) is 0 Å². The van der Waals surface area contributed by atoms with Crippen LogP contribution in [0.4, 0.5) is 4.79 Å². The van der Waals surface area contributed by atoms with Gasteiger partial charge in [-0.1, -0.05) is 61.0 Å². The first-order valence-electron chi connectivity index (χ1n) is 9.71. The third-order valence-corrected chi connectivity index (χ3v) is 5.57. The molecule has 1 aliphatic rings. The molecule has 3 aromatic rings. The largest absolute Gasteiger partial charge is 0.337 e. The second-order valence-corrected chi connectivity index (χ2v) is 7.45. The molecule has 0 bridgehead atoms. The molecule has 0 saturated heterocycles. The zero-order valence-corrected chi connectivity index (χ0v) is 15.8. The smallest absolute Gasteiger partial charge is 0.315 e. The number of urea groups is 1. The lowest BCUT2D eigenvalue weighted by atomic mass is 9.64. The summed E-state index contributed by atoms with van der Waals surface area (Å²) in [7, 11) is 0. The molecule has 6 heteroatoms. The zero-order chi connectivity index (χ0) is 19.2. The molecule has 2 amide bonds. The Kier molecular flexibility index (Phi) is 5.37. The Labute approximate surface area is 165 Å². The highest BCUT2D eigenvalue weighted by Crippen LogP contribution is 2.43. The zero-order valence-electron chi connectivity index (χ0n) is 15.8. The van der Waals surface area contributed by atoms with E-state index >= 15 is 0 Å². The predicted molar refractivity (Wildman–Crippen MR) is 108 cm³/mol. The van der Waals surface area contributed by atoms with Crippen molar-refractivity contribution in [2.45, 2.75) is 37.8 Å². The van der Waals surface area contributed by atoms with Crippen molar-refractivity contribution in [3.05, 3.63) is 83.9 Å². The fourth-order valence-electron chi connectivity index (χ4n) is 3.72. The topological polar surface area (TPSA) is 71.8 Å². The summed E-state index contributed by atoms with van der Waals surface area (Å²) in [6, 6.07) is 18.6. The van der Waals surface area contributed by atoms with E-state index in [0.29, 0.717) is 19.6 Å². The summed E-state index contributed by atoms with van der Waals surface area (Å²) >= 11 is 0. The maximum Gasteiger partial charge on any atom is 0.315 e. The molecule has 2 N–H and O–H groups in total. The molecule has 0 radical (unpaired) electrons. The summed E-state index contributed by atoms with van der Waals surface area (Å²) < 4.78 is 1.78. The van der Waals surface area contributed by atoms with Crippen LogP contribution in [0.25, 0.3) is 0 Å². The second-order valence-electron chi connectivity index (χ2n) is 7.45. The highest BCUT2D eigenvalue weighted by atomic mass is 16.2. The monoisotopic (exact) mass is 375 g/mol. The molecule has 6 nitrogen and oxygen atoms in total. The lowest BCUT2D eigenvalue weighted by Gasteiger charge is -2.42. The molecule has 1 heterocycles. The molecule has 0 aliphatic heterocycles. The number of hydrogen-bond donors (Lipinski definition) is 2. The molecular weight excluding hydrogens is 350 g/mol. The van der Waals surface area contributed by atoms with Gasteiger partial charge in [0.2, 0.25) is 0 Å². The normalized spacial score (nSPS) is 14.9. The Morgan fingerprint density at radius 2 is 1.75 bits per heavy atom. The van der Waals surface area contributed by atoms with Crippen LogP contribution in [-0.4, -0.2) is 27.3 Å². The molecule has 4 rings (SSSR count). The van der Waals surface area contributed by atoms with E-state index in [-0.39, 0.29) is 11.4 Å². The van der Waals surface area contributed by atoms with E-state index in [2.05, 4.69) is 57.1 Å². The Morgan fingerprint density at radius 3 is 2.39 bits per heavy atom. The van der Waals surface area contributed by atoms with Crippen LogP contribution in [0, 0.1) is 0 Å². The van der Waals surface area contributed by atoms with Crippen LogP contribution >= 0.6 is 0 Å². The van der Waals surface area contributed by atoms with Crippen molar-refractivity contribution in [1.82, 2.24) is 25.4 Å². The van der Waals surface area contributed by atoms with Gasteiger partial charge in [-0.05, 0) is 29.5 Å². The van der Waals surface area contributed by atoms with Gasteiger partial charge in [0.15, 0.2) is 0 Å². The Bertz CT molecular complexity index is 886. The number of rotatable bonds is 7. The molecule has 1 saturated carbocycles. The Morgan fingerprint density at radius 1 is 1.00 bits per heavy atom. The predicted octanol–water partition coefficient (Wildman–Crippen LogP) is 3.25. The second kappa shape index (κ2) is 8.25. The SMILES string of the molecule is O=C(NCc1ccc(Cn2cncn2)cc1)NCC1(c2ccccc2)CCC1. The van der Waals surface area contributed by atoms with Gasteiger partial charge in [0.05, 0.1) is 6.54 Å². The third kappa shape index (κ3) is 4.22. The van der Waals surface area contributed by atoms with Crippen molar-refractivity contribution < 1.29 is 4.79 Å². The average Bonchev–Trinajstić information content (AvgIpc) is 3.20. The third-order valence-electron chi connectivity index (χ3n) is 5.57. The highest BCUT2D eigenvalue weighted by Gasteiger charge is 2.38. The Balaban J connectivity index is 1.25. The molecule has 144 valence electrons.